The van der Waals surface area contributed by atoms with Crippen LogP contribution in [0.4, 0.5) is 4.39 Å². The maximum Gasteiger partial charge on any atom is 0.243 e. The Kier molecular flexibility index (Phi) is 9.40. The van der Waals surface area contributed by atoms with Gasteiger partial charge in [0.25, 0.3) is 0 Å². The molecule has 3 aromatic rings. The average Bonchev–Trinajstić information content (AvgIpc) is 2.82. The second-order valence-electron chi connectivity index (χ2n) is 8.76. The summed E-state index contributed by atoms with van der Waals surface area (Å²) in [5, 5.41) is 2.99. The van der Waals surface area contributed by atoms with Gasteiger partial charge in [-0.05, 0) is 40.8 Å². The van der Waals surface area contributed by atoms with Crippen molar-refractivity contribution in [2.24, 2.45) is 5.92 Å². The minimum absolute atomic E-state index is 0.122. The lowest BCUT2D eigenvalue weighted by atomic mass is 10.0. The summed E-state index contributed by atoms with van der Waals surface area (Å²) in [4.78, 5) is 28.6. The van der Waals surface area contributed by atoms with Crippen molar-refractivity contribution in [1.82, 2.24) is 10.2 Å². The van der Waals surface area contributed by atoms with Crippen molar-refractivity contribution in [3.63, 3.8) is 0 Å². The molecular weight excluding hydrogens is 495 g/mol. The van der Waals surface area contributed by atoms with Gasteiger partial charge in [-0.2, -0.15) is 0 Å². The van der Waals surface area contributed by atoms with Gasteiger partial charge in [-0.25, -0.2) is 4.39 Å². The molecule has 0 aliphatic rings. The first-order chi connectivity index (χ1) is 16.3. The molecule has 6 heteroatoms. The number of carbonyl (C=O) groups excluding carboxylic acids is 2. The van der Waals surface area contributed by atoms with Crippen molar-refractivity contribution >= 4 is 27.7 Å². The summed E-state index contributed by atoms with van der Waals surface area (Å²) in [6, 6.07) is 22.8. The summed E-state index contributed by atoms with van der Waals surface area (Å²) in [7, 11) is 0. The van der Waals surface area contributed by atoms with Crippen LogP contribution in [0.1, 0.15) is 30.5 Å². The van der Waals surface area contributed by atoms with Crippen molar-refractivity contribution in [2.45, 2.75) is 39.3 Å². The molecule has 4 nitrogen and oxygen atoms in total. The molecule has 0 unspecified atom stereocenters. The third-order valence-corrected chi connectivity index (χ3v) is 5.99. The number of benzene rings is 3. The normalized spacial score (nSPS) is 11.8. The summed E-state index contributed by atoms with van der Waals surface area (Å²) in [5.41, 5.74) is 2.14. The van der Waals surface area contributed by atoms with Crippen LogP contribution in [-0.2, 0) is 29.0 Å². The number of rotatable bonds is 10. The van der Waals surface area contributed by atoms with E-state index >= 15 is 0 Å². The van der Waals surface area contributed by atoms with Crippen LogP contribution in [0.5, 0.6) is 0 Å². The molecule has 0 saturated carbocycles. The third-order valence-electron chi connectivity index (χ3n) is 5.50. The summed E-state index contributed by atoms with van der Waals surface area (Å²) in [6.45, 7) is 4.79. The van der Waals surface area contributed by atoms with Gasteiger partial charge in [0.05, 0.1) is 6.42 Å². The molecule has 0 radical (unpaired) electrons. The van der Waals surface area contributed by atoms with Crippen molar-refractivity contribution in [3.05, 3.63) is 106 Å². The lowest BCUT2D eigenvalue weighted by molar-refractivity contribution is -0.140. The molecular formula is C28H30BrFN2O2. The standard InChI is InChI=1S/C28H30BrFN2O2/c1-20(2)18-31-28(34)26(16-21-9-4-3-5-10-21)32(19-22-11-8-13-24(29)15-22)27(33)17-23-12-6-7-14-25(23)30/h3-15,20,26H,16-19H2,1-2H3,(H,31,34)/t26-/m1/s1. The van der Waals surface area contributed by atoms with E-state index in [0.29, 0.717) is 18.5 Å². The van der Waals surface area contributed by atoms with Crippen LogP contribution in [0, 0.1) is 11.7 Å². The van der Waals surface area contributed by atoms with Crippen molar-refractivity contribution in [3.8, 4) is 0 Å². The Morgan fingerprint density at radius 1 is 0.941 bits per heavy atom. The smallest absolute Gasteiger partial charge is 0.243 e. The highest BCUT2D eigenvalue weighted by Gasteiger charge is 2.30. The molecule has 0 heterocycles. The molecule has 178 valence electrons. The predicted molar refractivity (Wildman–Crippen MR) is 137 cm³/mol. The zero-order valence-corrected chi connectivity index (χ0v) is 21.1. The number of hydrogen-bond acceptors (Lipinski definition) is 2. The lowest BCUT2D eigenvalue weighted by Gasteiger charge is -2.32. The summed E-state index contributed by atoms with van der Waals surface area (Å²) >= 11 is 3.48. The first-order valence-corrected chi connectivity index (χ1v) is 12.2. The Bertz CT molecular complexity index is 1100. The van der Waals surface area contributed by atoms with Crippen LogP contribution in [-0.4, -0.2) is 29.3 Å². The highest BCUT2D eigenvalue weighted by Crippen LogP contribution is 2.19. The second-order valence-corrected chi connectivity index (χ2v) is 9.68. The third kappa shape index (κ3) is 7.52. The van der Waals surface area contributed by atoms with E-state index in [2.05, 4.69) is 21.2 Å². The van der Waals surface area contributed by atoms with E-state index in [1.54, 1.807) is 23.1 Å². The summed E-state index contributed by atoms with van der Waals surface area (Å²) in [5.74, 6) is -0.670. The van der Waals surface area contributed by atoms with Crippen molar-refractivity contribution < 1.29 is 14.0 Å². The Morgan fingerprint density at radius 3 is 2.29 bits per heavy atom. The van der Waals surface area contributed by atoms with Crippen LogP contribution in [0.3, 0.4) is 0 Å². The number of amides is 2. The van der Waals surface area contributed by atoms with E-state index in [9.17, 15) is 14.0 Å². The van der Waals surface area contributed by atoms with Crippen LogP contribution < -0.4 is 5.32 Å². The maximum absolute atomic E-state index is 14.4. The maximum atomic E-state index is 14.4. The van der Waals surface area contributed by atoms with E-state index in [4.69, 9.17) is 0 Å². The van der Waals surface area contributed by atoms with E-state index in [1.165, 1.54) is 6.07 Å². The predicted octanol–water partition coefficient (Wildman–Crippen LogP) is 5.54. The number of halogens is 2. The Labute approximate surface area is 209 Å². The van der Waals surface area contributed by atoms with Gasteiger partial charge in [0.2, 0.25) is 11.8 Å². The molecule has 0 aliphatic heterocycles. The first-order valence-electron chi connectivity index (χ1n) is 11.4. The zero-order chi connectivity index (χ0) is 24.5. The Morgan fingerprint density at radius 2 is 1.62 bits per heavy atom. The minimum Gasteiger partial charge on any atom is -0.354 e. The van der Waals surface area contributed by atoms with Crippen molar-refractivity contribution in [1.29, 1.82) is 0 Å². The molecule has 0 spiro atoms. The largest absolute Gasteiger partial charge is 0.354 e. The SMILES string of the molecule is CC(C)CNC(=O)[C@@H](Cc1ccccc1)N(Cc1cccc(Br)c1)C(=O)Cc1ccccc1F. The van der Waals surface area contributed by atoms with Gasteiger partial charge >= 0.3 is 0 Å². The molecule has 0 fully saturated rings. The van der Waals surface area contributed by atoms with Crippen LogP contribution >= 0.6 is 15.9 Å². The molecule has 0 aliphatic carbocycles. The fourth-order valence-corrected chi connectivity index (χ4v) is 4.16. The lowest BCUT2D eigenvalue weighted by Crippen LogP contribution is -2.51. The molecule has 34 heavy (non-hydrogen) atoms. The minimum atomic E-state index is -0.737. The fourth-order valence-electron chi connectivity index (χ4n) is 3.71. The number of nitrogens with one attached hydrogen (secondary N) is 1. The summed E-state index contributed by atoms with van der Waals surface area (Å²) < 4.78 is 15.2. The van der Waals surface area contributed by atoms with Gasteiger partial charge < -0.3 is 10.2 Å². The van der Waals surface area contributed by atoms with E-state index < -0.39 is 11.9 Å². The Balaban J connectivity index is 1.97. The Hall–Kier alpha value is -2.99. The molecule has 2 amide bonds. The highest BCUT2D eigenvalue weighted by molar-refractivity contribution is 9.10. The van der Waals surface area contributed by atoms with Gasteiger partial charge in [-0.1, -0.05) is 90.4 Å². The number of carbonyl (C=O) groups is 2. The average molecular weight is 525 g/mol. The van der Waals surface area contributed by atoms with E-state index in [-0.39, 0.29) is 30.7 Å². The zero-order valence-electron chi connectivity index (χ0n) is 19.5. The molecule has 3 rings (SSSR count). The van der Waals surface area contributed by atoms with Gasteiger partial charge in [0, 0.05) is 24.0 Å². The second kappa shape index (κ2) is 12.5. The molecule has 1 atom stereocenters. The van der Waals surface area contributed by atoms with Crippen LogP contribution in [0.15, 0.2) is 83.3 Å². The van der Waals surface area contributed by atoms with Crippen molar-refractivity contribution in [2.75, 3.05) is 6.54 Å². The fraction of sp³-hybridized carbons (Fsp3) is 0.286. The quantitative estimate of drug-likeness (QED) is 0.378. The van der Waals surface area contributed by atoms with Gasteiger partial charge in [0.1, 0.15) is 11.9 Å². The van der Waals surface area contributed by atoms with Gasteiger partial charge in [-0.3, -0.25) is 9.59 Å². The molecule has 1 N–H and O–H groups in total. The molecule has 3 aromatic carbocycles. The summed E-state index contributed by atoms with van der Waals surface area (Å²) in [6.07, 6.45) is 0.241. The van der Waals surface area contributed by atoms with E-state index in [1.807, 2.05) is 68.4 Å². The van der Waals surface area contributed by atoms with Gasteiger partial charge in [-0.15, -0.1) is 0 Å². The topological polar surface area (TPSA) is 49.4 Å². The molecule has 0 bridgehead atoms. The van der Waals surface area contributed by atoms with Gasteiger partial charge in [0.15, 0.2) is 0 Å². The van der Waals surface area contributed by atoms with Crippen LogP contribution in [0.25, 0.3) is 0 Å². The monoisotopic (exact) mass is 524 g/mol. The number of hydrogen-bond donors (Lipinski definition) is 1. The molecule has 0 saturated heterocycles. The molecule has 0 aromatic heterocycles. The highest BCUT2D eigenvalue weighted by atomic mass is 79.9. The van der Waals surface area contributed by atoms with Crippen LogP contribution in [0.2, 0.25) is 0 Å². The number of nitrogens with zero attached hydrogens (tertiary/aromatic N) is 1. The van der Waals surface area contributed by atoms with E-state index in [0.717, 1.165) is 15.6 Å². The first kappa shape index (κ1) is 25.6.